The fourth-order valence-corrected chi connectivity index (χ4v) is 4.91. The van der Waals surface area contributed by atoms with Gasteiger partial charge >= 0.3 is 0 Å². The maximum absolute atomic E-state index is 12.9. The smallest absolute Gasteiger partial charge is 0.226 e. The predicted molar refractivity (Wildman–Crippen MR) is 88.7 cm³/mol. The van der Waals surface area contributed by atoms with Crippen LogP contribution in [-0.2, 0) is 9.59 Å². The van der Waals surface area contributed by atoms with Gasteiger partial charge in [-0.2, -0.15) is 0 Å². The van der Waals surface area contributed by atoms with Crippen molar-refractivity contribution in [3.05, 3.63) is 0 Å². The quantitative estimate of drug-likeness (QED) is 0.785. The van der Waals surface area contributed by atoms with E-state index in [9.17, 15) is 9.59 Å². The second-order valence-electron chi connectivity index (χ2n) is 8.67. The number of carbonyl (C=O) groups excluding carboxylic acids is 2. The average molecular weight is 318 g/mol. The van der Waals surface area contributed by atoms with E-state index in [0.717, 1.165) is 45.3 Å². The van der Waals surface area contributed by atoms with Crippen LogP contribution in [0.5, 0.6) is 0 Å². The van der Waals surface area contributed by atoms with Gasteiger partial charge in [0.1, 0.15) is 0 Å². The van der Waals surface area contributed by atoms with Crippen molar-refractivity contribution in [2.75, 3.05) is 19.6 Å². The second-order valence-corrected chi connectivity index (χ2v) is 8.67. The van der Waals surface area contributed by atoms with Crippen LogP contribution in [0, 0.1) is 23.7 Å². The summed E-state index contributed by atoms with van der Waals surface area (Å²) in [5.74, 6) is 2.40. The minimum atomic E-state index is -0.0519. The van der Waals surface area contributed by atoms with Gasteiger partial charge in [-0.3, -0.25) is 9.59 Å². The van der Waals surface area contributed by atoms with Gasteiger partial charge in [0.25, 0.3) is 0 Å². The molecule has 1 heterocycles. The Hall–Kier alpha value is -1.06. The van der Waals surface area contributed by atoms with Gasteiger partial charge in [0.05, 0.1) is 5.54 Å². The number of carbonyl (C=O) groups is 2. The number of hydrogen-bond donors (Lipinski definition) is 0. The molecule has 0 aromatic heterocycles. The van der Waals surface area contributed by atoms with E-state index in [0.29, 0.717) is 23.7 Å². The van der Waals surface area contributed by atoms with Crippen LogP contribution >= 0.6 is 0 Å². The van der Waals surface area contributed by atoms with Crippen LogP contribution in [0.3, 0.4) is 0 Å². The lowest BCUT2D eigenvalue weighted by Gasteiger charge is -2.53. The molecule has 3 aliphatic carbocycles. The molecule has 0 radical (unpaired) electrons. The van der Waals surface area contributed by atoms with Crippen LogP contribution < -0.4 is 0 Å². The standard InChI is InChI=1S/C19H30N2O2/c1-13-10-15(13)17(22)20-8-9-21(18(23)16-11-14(16)2)19(12-20)6-4-3-5-7-19/h13-16H,3-12H2,1-2H3/t13-,14+,15+,16+/m1/s1. The van der Waals surface area contributed by atoms with Gasteiger partial charge in [-0.25, -0.2) is 0 Å². The Kier molecular flexibility index (Phi) is 3.69. The number of hydrogen-bond acceptors (Lipinski definition) is 2. The van der Waals surface area contributed by atoms with E-state index in [2.05, 4.69) is 23.6 Å². The van der Waals surface area contributed by atoms with E-state index < -0.39 is 0 Å². The molecule has 4 fully saturated rings. The summed E-state index contributed by atoms with van der Waals surface area (Å²) in [7, 11) is 0. The zero-order valence-electron chi connectivity index (χ0n) is 14.6. The van der Waals surface area contributed by atoms with Crippen molar-refractivity contribution in [2.24, 2.45) is 23.7 Å². The second kappa shape index (κ2) is 5.49. The van der Waals surface area contributed by atoms with Crippen LogP contribution in [0.2, 0.25) is 0 Å². The molecular weight excluding hydrogens is 288 g/mol. The SMILES string of the molecule is C[C@@H]1C[C@@H]1C(=O)N1CCN(C(=O)[C@H]2C[C@@H]2C)C2(CCCCC2)C1. The van der Waals surface area contributed by atoms with Crippen LogP contribution in [0.1, 0.15) is 58.8 Å². The molecule has 128 valence electrons. The average Bonchev–Trinajstić information content (AvgIpc) is 3.45. The Labute approximate surface area is 139 Å². The molecule has 0 aromatic rings. The monoisotopic (exact) mass is 318 g/mol. The molecule has 23 heavy (non-hydrogen) atoms. The van der Waals surface area contributed by atoms with Gasteiger partial charge in [-0.1, -0.05) is 33.1 Å². The summed E-state index contributed by atoms with van der Waals surface area (Å²) in [5.41, 5.74) is -0.0519. The van der Waals surface area contributed by atoms with Crippen molar-refractivity contribution in [3.8, 4) is 0 Å². The minimum Gasteiger partial charge on any atom is -0.338 e. The Morgan fingerprint density at radius 1 is 0.870 bits per heavy atom. The minimum absolute atomic E-state index is 0.0519. The van der Waals surface area contributed by atoms with Gasteiger partial charge in [-0.05, 0) is 37.5 Å². The first-order valence-electron chi connectivity index (χ1n) is 9.62. The lowest BCUT2D eigenvalue weighted by Crippen LogP contribution is -2.66. The summed E-state index contributed by atoms with van der Waals surface area (Å²) in [5, 5.41) is 0. The molecule has 1 saturated heterocycles. The highest BCUT2D eigenvalue weighted by Gasteiger charge is 2.52. The van der Waals surface area contributed by atoms with Gasteiger partial charge in [-0.15, -0.1) is 0 Å². The van der Waals surface area contributed by atoms with Crippen molar-refractivity contribution < 1.29 is 9.59 Å². The van der Waals surface area contributed by atoms with E-state index in [-0.39, 0.29) is 17.4 Å². The number of nitrogens with zero attached hydrogens (tertiary/aromatic N) is 2. The Morgan fingerprint density at radius 2 is 1.43 bits per heavy atom. The van der Waals surface area contributed by atoms with E-state index in [1.165, 1.54) is 19.3 Å². The summed E-state index contributed by atoms with van der Waals surface area (Å²) in [6, 6.07) is 0. The number of rotatable bonds is 2. The molecule has 0 aromatic carbocycles. The molecule has 4 rings (SSSR count). The van der Waals surface area contributed by atoms with E-state index in [1.54, 1.807) is 0 Å². The molecule has 1 aliphatic heterocycles. The van der Waals surface area contributed by atoms with E-state index in [4.69, 9.17) is 0 Å². The van der Waals surface area contributed by atoms with Gasteiger partial charge < -0.3 is 9.80 Å². The van der Waals surface area contributed by atoms with E-state index >= 15 is 0 Å². The molecule has 4 aliphatic rings. The highest BCUT2D eigenvalue weighted by molar-refractivity contribution is 5.84. The summed E-state index contributed by atoms with van der Waals surface area (Å²) >= 11 is 0. The van der Waals surface area contributed by atoms with Crippen molar-refractivity contribution in [3.63, 3.8) is 0 Å². The molecule has 0 unspecified atom stereocenters. The Bertz CT molecular complexity index is 511. The maximum atomic E-state index is 12.9. The number of piperazine rings is 1. The fourth-order valence-electron chi connectivity index (χ4n) is 4.91. The summed E-state index contributed by atoms with van der Waals surface area (Å²) in [4.78, 5) is 29.9. The Balaban J connectivity index is 1.52. The normalized spacial score (nSPS) is 38.5. The zero-order valence-corrected chi connectivity index (χ0v) is 14.6. The molecule has 0 N–H and O–H groups in total. The lowest BCUT2D eigenvalue weighted by atomic mass is 9.78. The highest BCUT2D eigenvalue weighted by atomic mass is 16.2. The molecular formula is C19H30N2O2. The van der Waals surface area contributed by atoms with Crippen molar-refractivity contribution >= 4 is 11.8 Å². The molecule has 1 spiro atoms. The van der Waals surface area contributed by atoms with Crippen LogP contribution in [-0.4, -0.2) is 46.8 Å². The Morgan fingerprint density at radius 3 is 2.00 bits per heavy atom. The molecule has 4 atom stereocenters. The molecule has 4 heteroatoms. The summed E-state index contributed by atoms with van der Waals surface area (Å²) in [6.07, 6.45) is 7.97. The van der Waals surface area contributed by atoms with Gasteiger partial charge in [0.2, 0.25) is 11.8 Å². The highest BCUT2D eigenvalue weighted by Crippen LogP contribution is 2.45. The van der Waals surface area contributed by atoms with Crippen molar-refractivity contribution in [2.45, 2.75) is 64.3 Å². The third kappa shape index (κ3) is 2.68. The lowest BCUT2D eigenvalue weighted by molar-refractivity contribution is -0.153. The first-order valence-corrected chi connectivity index (χ1v) is 9.62. The van der Waals surface area contributed by atoms with Crippen molar-refractivity contribution in [1.82, 2.24) is 9.80 Å². The summed E-state index contributed by atoms with van der Waals surface area (Å²) in [6.45, 7) is 6.66. The first kappa shape index (κ1) is 15.5. The molecule has 3 saturated carbocycles. The maximum Gasteiger partial charge on any atom is 0.226 e. The van der Waals surface area contributed by atoms with Gasteiger partial charge in [0.15, 0.2) is 0 Å². The molecule has 4 nitrogen and oxygen atoms in total. The van der Waals surface area contributed by atoms with Crippen LogP contribution in [0.4, 0.5) is 0 Å². The van der Waals surface area contributed by atoms with Crippen LogP contribution in [0.15, 0.2) is 0 Å². The zero-order chi connectivity index (χ0) is 16.2. The predicted octanol–water partition coefficient (Wildman–Crippen LogP) is 2.67. The number of amides is 2. The fraction of sp³-hybridized carbons (Fsp3) is 0.895. The first-order chi connectivity index (χ1) is 11.0. The molecule has 2 amide bonds. The third-order valence-electron chi connectivity index (χ3n) is 6.87. The molecule has 0 bridgehead atoms. The largest absolute Gasteiger partial charge is 0.338 e. The third-order valence-corrected chi connectivity index (χ3v) is 6.87. The topological polar surface area (TPSA) is 40.6 Å². The van der Waals surface area contributed by atoms with Gasteiger partial charge in [0, 0.05) is 31.5 Å². The summed E-state index contributed by atoms with van der Waals surface area (Å²) < 4.78 is 0. The van der Waals surface area contributed by atoms with E-state index in [1.807, 2.05) is 0 Å². The van der Waals surface area contributed by atoms with Crippen molar-refractivity contribution in [1.29, 1.82) is 0 Å². The van der Waals surface area contributed by atoms with Crippen LogP contribution in [0.25, 0.3) is 0 Å².